The van der Waals surface area contributed by atoms with Gasteiger partial charge in [-0.2, -0.15) is 0 Å². The van der Waals surface area contributed by atoms with Crippen LogP contribution in [0.25, 0.3) is 0 Å². The summed E-state index contributed by atoms with van der Waals surface area (Å²) in [5.41, 5.74) is 6.85. The summed E-state index contributed by atoms with van der Waals surface area (Å²) < 4.78 is 0. The topological polar surface area (TPSA) is 26.0 Å². The van der Waals surface area contributed by atoms with Crippen molar-refractivity contribution < 1.29 is 0 Å². The number of nitrogens with two attached hydrogens (primary N) is 1. The second-order valence-electron chi connectivity index (χ2n) is 2.89. The molecule has 0 heterocycles. The van der Waals surface area contributed by atoms with Gasteiger partial charge >= 0.3 is 0 Å². The molecule has 0 amide bonds. The second kappa shape index (κ2) is 7.81. The van der Waals surface area contributed by atoms with E-state index in [1.165, 1.54) is 5.56 Å². The summed E-state index contributed by atoms with van der Waals surface area (Å²) in [5.74, 6) is 0.598. The number of rotatable bonds is 3. The highest BCUT2D eigenvalue weighted by Gasteiger charge is 2.01. The van der Waals surface area contributed by atoms with Crippen LogP contribution in [0.5, 0.6) is 0 Å². The maximum absolute atomic E-state index is 5.47. The van der Waals surface area contributed by atoms with Crippen LogP contribution in [0.15, 0.2) is 30.3 Å². The fourth-order valence-electron chi connectivity index (χ4n) is 1.20. The minimum Gasteiger partial charge on any atom is -0.330 e. The summed E-state index contributed by atoms with van der Waals surface area (Å²) in [6.45, 7) is 6.98. The number of hydrogen-bond donors (Lipinski definition) is 1. The van der Waals surface area contributed by atoms with E-state index in [9.17, 15) is 0 Å². The summed E-state index contributed by atoms with van der Waals surface area (Å²) in [6.07, 6.45) is 1.07. The molecule has 0 aliphatic heterocycles. The highest BCUT2D eigenvalue weighted by atomic mass is 14.5. The van der Waals surface area contributed by atoms with E-state index in [1.807, 2.05) is 19.9 Å². The fraction of sp³-hybridized carbons (Fsp3) is 0.500. The van der Waals surface area contributed by atoms with Crippen LogP contribution < -0.4 is 5.73 Å². The first-order valence-corrected chi connectivity index (χ1v) is 5.09. The Morgan fingerprint density at radius 3 is 2.15 bits per heavy atom. The lowest BCUT2D eigenvalue weighted by Gasteiger charge is -2.08. The van der Waals surface area contributed by atoms with Crippen LogP contribution in [-0.4, -0.2) is 6.54 Å². The molecule has 1 heteroatoms. The maximum atomic E-state index is 5.47. The molecule has 1 rings (SSSR count). The Labute approximate surface area is 82.0 Å². The van der Waals surface area contributed by atoms with Crippen LogP contribution in [0.2, 0.25) is 0 Å². The Bertz CT molecular complexity index is 194. The maximum Gasteiger partial charge on any atom is -0.00715 e. The Morgan fingerprint density at radius 1 is 1.15 bits per heavy atom. The van der Waals surface area contributed by atoms with Gasteiger partial charge in [0.1, 0.15) is 0 Å². The first-order valence-electron chi connectivity index (χ1n) is 5.09. The van der Waals surface area contributed by atoms with E-state index in [1.54, 1.807) is 0 Å². The molecular weight excluding hydrogens is 158 g/mol. The van der Waals surface area contributed by atoms with Crippen LogP contribution in [-0.2, 0) is 0 Å². The van der Waals surface area contributed by atoms with Gasteiger partial charge in [-0.25, -0.2) is 0 Å². The Kier molecular flexibility index (Phi) is 7.32. The zero-order chi connectivity index (χ0) is 10.1. The number of benzene rings is 1. The highest BCUT2D eigenvalue weighted by Crippen LogP contribution is 2.16. The molecule has 0 aromatic heterocycles. The highest BCUT2D eigenvalue weighted by molar-refractivity contribution is 5.18. The smallest absolute Gasteiger partial charge is 0.00715 e. The van der Waals surface area contributed by atoms with Crippen molar-refractivity contribution in [3.8, 4) is 0 Å². The molecule has 0 radical (unpaired) electrons. The lowest BCUT2D eigenvalue weighted by atomic mass is 9.98. The largest absolute Gasteiger partial charge is 0.330 e. The third-order valence-electron chi connectivity index (χ3n) is 1.97. The van der Waals surface area contributed by atoms with E-state index in [0.29, 0.717) is 5.92 Å². The van der Waals surface area contributed by atoms with Gasteiger partial charge in [0, 0.05) is 0 Å². The van der Waals surface area contributed by atoms with E-state index in [0.717, 1.165) is 13.0 Å². The van der Waals surface area contributed by atoms with Gasteiger partial charge in [0.2, 0.25) is 0 Å². The quantitative estimate of drug-likeness (QED) is 0.757. The van der Waals surface area contributed by atoms with Crippen LogP contribution >= 0.6 is 0 Å². The SMILES string of the molecule is CC.CC(CCN)c1ccccc1. The first kappa shape index (κ1) is 12.2. The zero-order valence-corrected chi connectivity index (χ0v) is 8.96. The Hall–Kier alpha value is -0.820. The van der Waals surface area contributed by atoms with Crippen LogP contribution in [0.3, 0.4) is 0 Å². The monoisotopic (exact) mass is 179 g/mol. The van der Waals surface area contributed by atoms with Crippen molar-refractivity contribution in [1.29, 1.82) is 0 Å². The van der Waals surface area contributed by atoms with Crippen molar-refractivity contribution in [2.75, 3.05) is 6.54 Å². The van der Waals surface area contributed by atoms with E-state index in [4.69, 9.17) is 5.73 Å². The molecular formula is C12H21N. The van der Waals surface area contributed by atoms with Gasteiger partial charge in [-0.15, -0.1) is 0 Å². The summed E-state index contributed by atoms with van der Waals surface area (Å²) >= 11 is 0. The van der Waals surface area contributed by atoms with Gasteiger partial charge in [0.05, 0.1) is 0 Å². The molecule has 0 aliphatic carbocycles. The first-order chi connectivity index (χ1) is 6.34. The van der Waals surface area contributed by atoms with Crippen LogP contribution in [0.4, 0.5) is 0 Å². The number of hydrogen-bond acceptors (Lipinski definition) is 1. The minimum absolute atomic E-state index is 0.598. The molecule has 1 atom stereocenters. The summed E-state index contributed by atoms with van der Waals surface area (Å²) in [6, 6.07) is 10.5. The Balaban J connectivity index is 0.000000671. The summed E-state index contributed by atoms with van der Waals surface area (Å²) in [5, 5.41) is 0. The predicted molar refractivity (Wildman–Crippen MR) is 59.9 cm³/mol. The molecule has 0 bridgehead atoms. The van der Waals surface area contributed by atoms with E-state index < -0.39 is 0 Å². The van der Waals surface area contributed by atoms with Crippen LogP contribution in [0.1, 0.15) is 38.7 Å². The van der Waals surface area contributed by atoms with Crippen molar-refractivity contribution >= 4 is 0 Å². The second-order valence-corrected chi connectivity index (χ2v) is 2.89. The van der Waals surface area contributed by atoms with Crippen molar-refractivity contribution in [2.45, 2.75) is 33.1 Å². The normalized spacial score (nSPS) is 11.4. The molecule has 0 saturated carbocycles. The molecule has 0 fully saturated rings. The van der Waals surface area contributed by atoms with Crippen LogP contribution in [0, 0.1) is 0 Å². The molecule has 74 valence electrons. The molecule has 0 spiro atoms. The molecule has 0 saturated heterocycles. The van der Waals surface area contributed by atoms with E-state index >= 15 is 0 Å². The van der Waals surface area contributed by atoms with Crippen molar-refractivity contribution in [3.05, 3.63) is 35.9 Å². The molecule has 1 nitrogen and oxygen atoms in total. The van der Waals surface area contributed by atoms with Crippen molar-refractivity contribution in [2.24, 2.45) is 5.73 Å². The van der Waals surface area contributed by atoms with Gasteiger partial charge < -0.3 is 5.73 Å². The van der Waals surface area contributed by atoms with Crippen molar-refractivity contribution in [3.63, 3.8) is 0 Å². The minimum atomic E-state index is 0.598. The zero-order valence-electron chi connectivity index (χ0n) is 8.96. The van der Waals surface area contributed by atoms with Gasteiger partial charge in [-0.3, -0.25) is 0 Å². The third kappa shape index (κ3) is 4.69. The van der Waals surface area contributed by atoms with Gasteiger partial charge in [0.15, 0.2) is 0 Å². The lowest BCUT2D eigenvalue weighted by Crippen LogP contribution is -2.04. The fourth-order valence-corrected chi connectivity index (χ4v) is 1.20. The average molecular weight is 179 g/mol. The lowest BCUT2D eigenvalue weighted by molar-refractivity contribution is 0.690. The molecule has 13 heavy (non-hydrogen) atoms. The van der Waals surface area contributed by atoms with Gasteiger partial charge in [-0.1, -0.05) is 51.1 Å². The molecule has 0 aliphatic rings. The Morgan fingerprint density at radius 2 is 1.69 bits per heavy atom. The van der Waals surface area contributed by atoms with Gasteiger partial charge in [0.25, 0.3) is 0 Å². The molecule has 2 N–H and O–H groups in total. The summed E-state index contributed by atoms with van der Waals surface area (Å²) in [4.78, 5) is 0. The van der Waals surface area contributed by atoms with Crippen molar-refractivity contribution in [1.82, 2.24) is 0 Å². The van der Waals surface area contributed by atoms with E-state index in [-0.39, 0.29) is 0 Å². The van der Waals surface area contributed by atoms with E-state index in [2.05, 4.69) is 31.2 Å². The summed E-state index contributed by atoms with van der Waals surface area (Å²) in [7, 11) is 0. The molecule has 1 aromatic carbocycles. The third-order valence-corrected chi connectivity index (χ3v) is 1.97. The molecule has 1 unspecified atom stereocenters. The van der Waals surface area contributed by atoms with Gasteiger partial charge in [-0.05, 0) is 24.4 Å². The standard InChI is InChI=1S/C10H15N.C2H6/c1-9(7-8-11)10-5-3-2-4-6-10;1-2/h2-6,9H,7-8,11H2,1H3;1-2H3. The molecule has 1 aromatic rings. The average Bonchev–Trinajstić information content (AvgIpc) is 2.23. The predicted octanol–water partition coefficient (Wildman–Crippen LogP) is 3.17.